The minimum absolute atomic E-state index is 0.0210. The van der Waals surface area contributed by atoms with Crippen LogP contribution in [0.4, 0.5) is 4.39 Å². The lowest BCUT2D eigenvalue weighted by atomic mass is 9.98. The molecule has 0 aliphatic heterocycles. The summed E-state index contributed by atoms with van der Waals surface area (Å²) in [6.07, 6.45) is 0. The lowest BCUT2D eigenvalue weighted by Crippen LogP contribution is -1.98. The van der Waals surface area contributed by atoms with Crippen molar-refractivity contribution in [3.05, 3.63) is 47.3 Å². The van der Waals surface area contributed by atoms with Crippen LogP contribution in [0.15, 0.2) is 30.3 Å². The fraction of sp³-hybridized carbons (Fsp3) is 0.214. The summed E-state index contributed by atoms with van der Waals surface area (Å²) in [7, 11) is 0. The van der Waals surface area contributed by atoms with E-state index in [9.17, 15) is 9.18 Å². The fourth-order valence-electron chi connectivity index (χ4n) is 1.81. The Kier molecular flexibility index (Phi) is 2.84. The van der Waals surface area contributed by atoms with Crippen molar-refractivity contribution in [2.24, 2.45) is 0 Å². The summed E-state index contributed by atoms with van der Waals surface area (Å²) in [6, 6.07) is 8.00. The normalized spacial score (nSPS) is 11.1. The maximum absolute atomic E-state index is 13.8. The molecule has 0 aliphatic rings. The highest BCUT2D eigenvalue weighted by Gasteiger charge is 2.10. The van der Waals surface area contributed by atoms with E-state index >= 15 is 0 Å². The van der Waals surface area contributed by atoms with E-state index in [0.717, 1.165) is 11.6 Å². The maximum atomic E-state index is 13.8. The van der Waals surface area contributed by atoms with Gasteiger partial charge in [0.2, 0.25) is 0 Å². The summed E-state index contributed by atoms with van der Waals surface area (Å²) in [5.74, 6) is -1.28. The minimum atomic E-state index is -1.11. The quantitative estimate of drug-likeness (QED) is 0.855. The first-order valence-electron chi connectivity index (χ1n) is 5.45. The second-order valence-electron chi connectivity index (χ2n) is 4.40. The minimum Gasteiger partial charge on any atom is -0.478 e. The molecule has 1 N–H and O–H groups in total. The summed E-state index contributed by atoms with van der Waals surface area (Å²) in [6.45, 7) is 4.06. The van der Waals surface area contributed by atoms with Crippen LogP contribution in [0.2, 0.25) is 0 Å². The van der Waals surface area contributed by atoms with Gasteiger partial charge in [-0.2, -0.15) is 0 Å². The largest absolute Gasteiger partial charge is 0.478 e. The smallest absolute Gasteiger partial charge is 0.335 e. The third kappa shape index (κ3) is 2.13. The molecule has 88 valence electrons. The van der Waals surface area contributed by atoms with Crippen LogP contribution >= 0.6 is 0 Å². The van der Waals surface area contributed by atoms with Crippen LogP contribution < -0.4 is 0 Å². The van der Waals surface area contributed by atoms with Crippen molar-refractivity contribution >= 4 is 16.7 Å². The first-order chi connectivity index (χ1) is 7.99. The molecule has 0 bridgehead atoms. The van der Waals surface area contributed by atoms with E-state index in [2.05, 4.69) is 0 Å². The number of hydrogen-bond acceptors (Lipinski definition) is 1. The molecule has 17 heavy (non-hydrogen) atoms. The Labute approximate surface area is 98.7 Å². The van der Waals surface area contributed by atoms with Crippen molar-refractivity contribution in [2.45, 2.75) is 19.8 Å². The molecule has 0 aromatic heterocycles. The van der Waals surface area contributed by atoms with E-state index < -0.39 is 11.8 Å². The predicted molar refractivity (Wildman–Crippen MR) is 65.0 cm³/mol. The summed E-state index contributed by atoms with van der Waals surface area (Å²) < 4.78 is 13.8. The lowest BCUT2D eigenvalue weighted by molar-refractivity contribution is 0.0696. The van der Waals surface area contributed by atoms with Gasteiger partial charge in [-0.1, -0.05) is 26.0 Å². The SMILES string of the molecule is CC(C)c1ccc2cc(C(=O)O)cc(F)c2c1. The molecule has 0 amide bonds. The Hall–Kier alpha value is -1.90. The molecule has 0 fully saturated rings. The molecule has 0 saturated heterocycles. The monoisotopic (exact) mass is 232 g/mol. The fourth-order valence-corrected chi connectivity index (χ4v) is 1.81. The number of hydrogen-bond donors (Lipinski definition) is 1. The van der Waals surface area contributed by atoms with Crippen LogP contribution in [0, 0.1) is 5.82 Å². The van der Waals surface area contributed by atoms with Crippen molar-refractivity contribution in [1.82, 2.24) is 0 Å². The molecule has 2 nitrogen and oxygen atoms in total. The van der Waals surface area contributed by atoms with Gasteiger partial charge in [0.15, 0.2) is 0 Å². The zero-order valence-electron chi connectivity index (χ0n) is 9.70. The van der Waals surface area contributed by atoms with Gasteiger partial charge in [-0.3, -0.25) is 0 Å². The molecule has 0 heterocycles. The average Bonchev–Trinajstić information content (AvgIpc) is 2.28. The highest BCUT2D eigenvalue weighted by Crippen LogP contribution is 2.25. The van der Waals surface area contributed by atoms with E-state index in [1.165, 1.54) is 6.07 Å². The van der Waals surface area contributed by atoms with E-state index in [-0.39, 0.29) is 5.56 Å². The Morgan fingerprint density at radius 2 is 1.94 bits per heavy atom. The number of carboxylic acids is 1. The van der Waals surface area contributed by atoms with Crippen molar-refractivity contribution in [3.8, 4) is 0 Å². The molecule has 3 heteroatoms. The maximum Gasteiger partial charge on any atom is 0.335 e. The molecule has 2 aromatic carbocycles. The molecule has 0 saturated carbocycles. The summed E-state index contributed by atoms with van der Waals surface area (Å²) in [4.78, 5) is 10.8. The Morgan fingerprint density at radius 1 is 1.24 bits per heavy atom. The second-order valence-corrected chi connectivity index (χ2v) is 4.40. The van der Waals surface area contributed by atoms with Gasteiger partial charge in [-0.15, -0.1) is 0 Å². The molecule has 2 rings (SSSR count). The van der Waals surface area contributed by atoms with E-state index in [0.29, 0.717) is 16.7 Å². The number of carbonyl (C=O) groups is 1. The molecule has 0 spiro atoms. The van der Waals surface area contributed by atoms with Crippen molar-refractivity contribution < 1.29 is 14.3 Å². The summed E-state index contributed by atoms with van der Waals surface area (Å²) in [5, 5.41) is 9.94. The average molecular weight is 232 g/mol. The summed E-state index contributed by atoms with van der Waals surface area (Å²) >= 11 is 0. The number of fused-ring (bicyclic) bond motifs is 1. The Bertz CT molecular complexity index is 588. The topological polar surface area (TPSA) is 37.3 Å². The Balaban J connectivity index is 2.68. The van der Waals surface area contributed by atoms with Crippen LogP contribution in [0.3, 0.4) is 0 Å². The highest BCUT2D eigenvalue weighted by atomic mass is 19.1. The first kappa shape index (κ1) is 11.6. The number of rotatable bonds is 2. The van der Waals surface area contributed by atoms with Crippen LogP contribution in [-0.4, -0.2) is 11.1 Å². The van der Waals surface area contributed by atoms with Crippen LogP contribution in [0.5, 0.6) is 0 Å². The number of carboxylic acid groups (broad SMARTS) is 1. The highest BCUT2D eigenvalue weighted by molar-refractivity contribution is 5.94. The predicted octanol–water partition coefficient (Wildman–Crippen LogP) is 3.80. The standard InChI is InChI=1S/C14H13FO2/c1-8(2)9-3-4-10-5-11(14(16)17)7-13(15)12(10)6-9/h3-8H,1-2H3,(H,16,17). The molecular formula is C14H13FO2. The molecule has 0 radical (unpaired) electrons. The van der Waals surface area contributed by atoms with E-state index in [1.54, 1.807) is 12.1 Å². The van der Waals surface area contributed by atoms with Crippen molar-refractivity contribution in [1.29, 1.82) is 0 Å². The van der Waals surface area contributed by atoms with Gasteiger partial charge in [-0.25, -0.2) is 9.18 Å². The third-order valence-electron chi connectivity index (χ3n) is 2.84. The number of benzene rings is 2. The summed E-state index contributed by atoms with van der Waals surface area (Å²) in [5.41, 5.74) is 1.02. The number of aromatic carboxylic acids is 1. The van der Waals surface area contributed by atoms with Gasteiger partial charge in [0.25, 0.3) is 0 Å². The zero-order chi connectivity index (χ0) is 12.6. The molecular weight excluding hydrogens is 219 g/mol. The molecule has 0 aliphatic carbocycles. The van der Waals surface area contributed by atoms with Crippen LogP contribution in [0.1, 0.15) is 35.7 Å². The van der Waals surface area contributed by atoms with Crippen molar-refractivity contribution in [2.75, 3.05) is 0 Å². The third-order valence-corrected chi connectivity index (χ3v) is 2.84. The Morgan fingerprint density at radius 3 is 2.53 bits per heavy atom. The van der Waals surface area contributed by atoms with Crippen molar-refractivity contribution in [3.63, 3.8) is 0 Å². The second kappa shape index (κ2) is 4.17. The molecule has 0 unspecified atom stereocenters. The molecule has 0 atom stereocenters. The van der Waals surface area contributed by atoms with E-state index in [1.807, 2.05) is 19.9 Å². The van der Waals surface area contributed by atoms with E-state index in [4.69, 9.17) is 5.11 Å². The van der Waals surface area contributed by atoms with Gasteiger partial charge in [0.1, 0.15) is 5.82 Å². The van der Waals surface area contributed by atoms with Gasteiger partial charge < -0.3 is 5.11 Å². The first-order valence-corrected chi connectivity index (χ1v) is 5.45. The van der Waals surface area contributed by atoms with Crippen LogP contribution in [-0.2, 0) is 0 Å². The lowest BCUT2D eigenvalue weighted by Gasteiger charge is -2.08. The van der Waals surface area contributed by atoms with Gasteiger partial charge >= 0.3 is 5.97 Å². The van der Waals surface area contributed by atoms with Gasteiger partial charge in [0, 0.05) is 5.39 Å². The zero-order valence-corrected chi connectivity index (χ0v) is 9.70. The molecule has 2 aromatic rings. The number of halogens is 1. The van der Waals surface area contributed by atoms with Gasteiger partial charge in [-0.05, 0) is 35.1 Å². The van der Waals surface area contributed by atoms with Gasteiger partial charge in [0.05, 0.1) is 5.56 Å². The van der Waals surface area contributed by atoms with Crippen LogP contribution in [0.25, 0.3) is 10.8 Å².